The van der Waals surface area contributed by atoms with Crippen molar-refractivity contribution in [3.63, 3.8) is 0 Å². The molecule has 0 spiro atoms. The molecule has 4 heteroatoms. The lowest BCUT2D eigenvalue weighted by Gasteiger charge is -2.12. The van der Waals surface area contributed by atoms with Crippen LogP contribution in [0, 0.1) is 0 Å². The standard InChI is InChI=1S/C15H19N3S/c1-18(2)10-12-7-6-11-4-3-5-14(15(11)16-12)17-19-13-8-9-13/h3-7,13,17H,8-10H2,1-2H3. The van der Waals surface area contributed by atoms with E-state index in [0.717, 1.165) is 28.7 Å². The molecule has 1 aliphatic carbocycles. The van der Waals surface area contributed by atoms with E-state index >= 15 is 0 Å². The predicted molar refractivity (Wildman–Crippen MR) is 83.4 cm³/mol. The Morgan fingerprint density at radius 1 is 1.26 bits per heavy atom. The molecule has 19 heavy (non-hydrogen) atoms. The number of hydrogen-bond donors (Lipinski definition) is 1. The first-order valence-corrected chi connectivity index (χ1v) is 7.55. The van der Waals surface area contributed by atoms with Crippen molar-refractivity contribution >= 4 is 28.5 Å². The molecular formula is C15H19N3S. The van der Waals surface area contributed by atoms with Crippen LogP contribution in [0.2, 0.25) is 0 Å². The second-order valence-electron chi connectivity index (χ2n) is 5.34. The van der Waals surface area contributed by atoms with Gasteiger partial charge in [0.05, 0.1) is 16.9 Å². The molecule has 1 aromatic heterocycles. The fourth-order valence-corrected chi connectivity index (χ4v) is 2.84. The summed E-state index contributed by atoms with van der Waals surface area (Å²) in [5.74, 6) is 0. The van der Waals surface area contributed by atoms with Gasteiger partial charge in [-0.05, 0) is 51.0 Å². The van der Waals surface area contributed by atoms with Gasteiger partial charge in [-0.25, -0.2) is 4.98 Å². The monoisotopic (exact) mass is 273 g/mol. The third kappa shape index (κ3) is 3.19. The third-order valence-corrected chi connectivity index (χ3v) is 4.26. The molecule has 0 amide bonds. The van der Waals surface area contributed by atoms with E-state index < -0.39 is 0 Å². The summed E-state index contributed by atoms with van der Waals surface area (Å²) in [4.78, 5) is 6.94. The van der Waals surface area contributed by atoms with Crippen molar-refractivity contribution in [3.8, 4) is 0 Å². The zero-order chi connectivity index (χ0) is 13.2. The number of pyridine rings is 1. The molecule has 3 nitrogen and oxygen atoms in total. The van der Waals surface area contributed by atoms with E-state index in [1.807, 2.05) is 11.9 Å². The van der Waals surface area contributed by atoms with Crippen LogP contribution < -0.4 is 4.72 Å². The lowest BCUT2D eigenvalue weighted by atomic mass is 10.2. The van der Waals surface area contributed by atoms with Crippen molar-refractivity contribution in [3.05, 3.63) is 36.0 Å². The van der Waals surface area contributed by atoms with E-state index in [0.29, 0.717) is 0 Å². The van der Waals surface area contributed by atoms with Crippen LogP contribution in [0.15, 0.2) is 30.3 Å². The summed E-state index contributed by atoms with van der Waals surface area (Å²) in [6, 6.07) is 10.6. The molecule has 0 unspecified atom stereocenters. The van der Waals surface area contributed by atoms with Crippen LogP contribution in [0.1, 0.15) is 18.5 Å². The zero-order valence-electron chi connectivity index (χ0n) is 11.4. The zero-order valence-corrected chi connectivity index (χ0v) is 12.2. The molecule has 0 bridgehead atoms. The van der Waals surface area contributed by atoms with E-state index in [2.05, 4.69) is 54.0 Å². The van der Waals surface area contributed by atoms with Crippen LogP contribution in [0.5, 0.6) is 0 Å². The van der Waals surface area contributed by atoms with Crippen molar-refractivity contribution in [2.24, 2.45) is 0 Å². The Hall–Kier alpha value is -1.26. The second kappa shape index (κ2) is 5.39. The molecule has 1 aliphatic rings. The number of fused-ring (bicyclic) bond motifs is 1. The maximum absolute atomic E-state index is 4.80. The number of benzene rings is 1. The molecule has 0 aliphatic heterocycles. The average Bonchev–Trinajstić information content (AvgIpc) is 3.19. The van der Waals surface area contributed by atoms with Gasteiger partial charge in [0, 0.05) is 17.2 Å². The van der Waals surface area contributed by atoms with Crippen LogP contribution in [0.3, 0.4) is 0 Å². The van der Waals surface area contributed by atoms with Gasteiger partial charge in [0.2, 0.25) is 0 Å². The van der Waals surface area contributed by atoms with Crippen molar-refractivity contribution < 1.29 is 0 Å². The fourth-order valence-electron chi connectivity index (χ4n) is 2.01. The van der Waals surface area contributed by atoms with E-state index in [1.165, 1.54) is 18.2 Å². The van der Waals surface area contributed by atoms with Crippen molar-refractivity contribution in [1.29, 1.82) is 0 Å². The van der Waals surface area contributed by atoms with Crippen LogP contribution >= 0.6 is 11.9 Å². The van der Waals surface area contributed by atoms with Crippen LogP contribution in [0.25, 0.3) is 10.9 Å². The molecule has 0 saturated heterocycles. The Bertz CT molecular complexity index is 579. The molecule has 0 radical (unpaired) electrons. The second-order valence-corrected chi connectivity index (χ2v) is 6.44. The lowest BCUT2D eigenvalue weighted by molar-refractivity contribution is 0.397. The first kappa shape index (κ1) is 12.8. The van der Waals surface area contributed by atoms with Gasteiger partial charge >= 0.3 is 0 Å². The van der Waals surface area contributed by atoms with Gasteiger partial charge in [-0.3, -0.25) is 0 Å². The minimum atomic E-state index is 0.792. The average molecular weight is 273 g/mol. The molecule has 1 N–H and O–H groups in total. The molecular weight excluding hydrogens is 254 g/mol. The maximum atomic E-state index is 4.80. The molecule has 1 saturated carbocycles. The van der Waals surface area contributed by atoms with Crippen LogP contribution in [-0.4, -0.2) is 29.2 Å². The quantitative estimate of drug-likeness (QED) is 0.844. The number of aromatic nitrogens is 1. The maximum Gasteiger partial charge on any atom is 0.0945 e. The minimum absolute atomic E-state index is 0.792. The van der Waals surface area contributed by atoms with Gasteiger partial charge in [-0.2, -0.15) is 0 Å². The van der Waals surface area contributed by atoms with Gasteiger partial charge in [-0.15, -0.1) is 0 Å². The summed E-state index contributed by atoms with van der Waals surface area (Å²) < 4.78 is 3.47. The Balaban J connectivity index is 1.90. The van der Waals surface area contributed by atoms with Gasteiger partial charge < -0.3 is 9.62 Å². The Morgan fingerprint density at radius 3 is 2.84 bits per heavy atom. The molecule has 2 aromatic rings. The number of rotatable bonds is 5. The van der Waals surface area contributed by atoms with Crippen molar-refractivity contribution in [1.82, 2.24) is 9.88 Å². The Kier molecular flexibility index (Phi) is 3.62. The van der Waals surface area contributed by atoms with Gasteiger partial charge in [0.15, 0.2) is 0 Å². The van der Waals surface area contributed by atoms with Crippen LogP contribution in [0.4, 0.5) is 5.69 Å². The van der Waals surface area contributed by atoms with Gasteiger partial charge in [-0.1, -0.05) is 18.2 Å². The molecule has 1 heterocycles. The van der Waals surface area contributed by atoms with Crippen LogP contribution in [-0.2, 0) is 6.54 Å². The first-order chi connectivity index (χ1) is 9.22. The fraction of sp³-hybridized carbons (Fsp3) is 0.400. The smallest absolute Gasteiger partial charge is 0.0945 e. The van der Waals surface area contributed by atoms with E-state index in [9.17, 15) is 0 Å². The summed E-state index contributed by atoms with van der Waals surface area (Å²) in [5.41, 5.74) is 3.33. The summed E-state index contributed by atoms with van der Waals surface area (Å²) >= 11 is 1.83. The topological polar surface area (TPSA) is 28.2 Å². The van der Waals surface area contributed by atoms with E-state index in [1.54, 1.807) is 0 Å². The highest BCUT2D eigenvalue weighted by atomic mass is 32.2. The largest absolute Gasteiger partial charge is 0.328 e. The summed E-state index contributed by atoms with van der Waals surface area (Å²) in [5, 5.41) is 1.99. The molecule has 1 fully saturated rings. The summed E-state index contributed by atoms with van der Waals surface area (Å²) in [6.45, 7) is 0.875. The highest BCUT2D eigenvalue weighted by molar-refractivity contribution is 8.01. The van der Waals surface area contributed by atoms with Gasteiger partial charge in [0.1, 0.15) is 0 Å². The molecule has 3 rings (SSSR count). The molecule has 100 valence electrons. The number of hydrogen-bond acceptors (Lipinski definition) is 4. The highest BCUT2D eigenvalue weighted by Gasteiger charge is 2.22. The third-order valence-electron chi connectivity index (χ3n) is 3.12. The number of para-hydroxylation sites is 1. The highest BCUT2D eigenvalue weighted by Crippen LogP contribution is 2.35. The normalized spacial score (nSPS) is 15.1. The molecule has 0 atom stereocenters. The predicted octanol–water partition coefficient (Wildman–Crippen LogP) is 3.52. The number of nitrogens with one attached hydrogen (secondary N) is 1. The summed E-state index contributed by atoms with van der Waals surface area (Å²) in [7, 11) is 4.14. The van der Waals surface area contributed by atoms with Gasteiger partial charge in [0.25, 0.3) is 0 Å². The number of nitrogens with zero attached hydrogens (tertiary/aromatic N) is 2. The Labute approximate surface area is 118 Å². The lowest BCUT2D eigenvalue weighted by Crippen LogP contribution is -2.11. The van der Waals surface area contributed by atoms with Crippen molar-refractivity contribution in [2.75, 3.05) is 18.8 Å². The van der Waals surface area contributed by atoms with E-state index in [-0.39, 0.29) is 0 Å². The van der Waals surface area contributed by atoms with E-state index in [4.69, 9.17) is 4.98 Å². The summed E-state index contributed by atoms with van der Waals surface area (Å²) in [6.07, 6.45) is 2.67. The van der Waals surface area contributed by atoms with Crippen molar-refractivity contribution in [2.45, 2.75) is 24.6 Å². The Morgan fingerprint density at radius 2 is 2.11 bits per heavy atom. The first-order valence-electron chi connectivity index (χ1n) is 6.67. The SMILES string of the molecule is CN(C)Cc1ccc2cccc(NSC3CC3)c2n1. The number of anilines is 1. The minimum Gasteiger partial charge on any atom is -0.328 e. The molecule has 1 aromatic carbocycles.